The first-order valence-electron chi connectivity index (χ1n) is 5.91. The van der Waals surface area contributed by atoms with Crippen LogP contribution in [0.2, 0.25) is 0 Å². The van der Waals surface area contributed by atoms with E-state index in [1.807, 2.05) is 11.8 Å². The summed E-state index contributed by atoms with van der Waals surface area (Å²) in [6.45, 7) is 3.38. The van der Waals surface area contributed by atoms with Crippen molar-refractivity contribution in [2.75, 3.05) is 18.0 Å². The van der Waals surface area contributed by atoms with E-state index < -0.39 is 11.9 Å². The first-order valence-corrected chi connectivity index (χ1v) is 5.91. The highest BCUT2D eigenvalue weighted by Gasteiger charge is 2.33. The zero-order valence-electron chi connectivity index (χ0n) is 10.1. The second-order valence-corrected chi connectivity index (χ2v) is 4.75. The lowest BCUT2D eigenvalue weighted by Crippen LogP contribution is -2.29. The Labute approximate surface area is 104 Å². The molecule has 0 radical (unpaired) electrons. The highest BCUT2D eigenvalue weighted by atomic mass is 19.4. The SMILES string of the molecule is CC(N)C1CCN(c2ccnc(C(F)(F)F)c2)C1. The molecule has 0 saturated carbocycles. The molecule has 6 heteroatoms. The molecule has 0 bridgehead atoms. The molecule has 2 atom stereocenters. The van der Waals surface area contributed by atoms with E-state index in [2.05, 4.69) is 4.98 Å². The van der Waals surface area contributed by atoms with Crippen molar-refractivity contribution in [2.45, 2.75) is 25.6 Å². The summed E-state index contributed by atoms with van der Waals surface area (Å²) in [6.07, 6.45) is -2.27. The molecule has 100 valence electrons. The van der Waals surface area contributed by atoms with Gasteiger partial charge in [-0.1, -0.05) is 0 Å². The Balaban J connectivity index is 2.15. The van der Waals surface area contributed by atoms with E-state index >= 15 is 0 Å². The molecular formula is C12H16F3N3. The van der Waals surface area contributed by atoms with Gasteiger partial charge in [0.15, 0.2) is 0 Å². The molecule has 2 heterocycles. The lowest BCUT2D eigenvalue weighted by Gasteiger charge is -2.20. The Morgan fingerprint density at radius 3 is 2.78 bits per heavy atom. The molecule has 1 saturated heterocycles. The van der Waals surface area contributed by atoms with E-state index in [0.29, 0.717) is 18.2 Å². The molecule has 2 N–H and O–H groups in total. The van der Waals surface area contributed by atoms with Crippen LogP contribution in [0, 0.1) is 5.92 Å². The molecule has 0 aromatic carbocycles. The number of nitrogens with two attached hydrogens (primary N) is 1. The maximum Gasteiger partial charge on any atom is 0.433 e. The first kappa shape index (κ1) is 13.1. The number of pyridine rings is 1. The Morgan fingerprint density at radius 2 is 2.22 bits per heavy atom. The lowest BCUT2D eigenvalue weighted by atomic mass is 10.0. The quantitative estimate of drug-likeness (QED) is 0.886. The van der Waals surface area contributed by atoms with Crippen LogP contribution in [0.1, 0.15) is 19.0 Å². The van der Waals surface area contributed by atoms with Crippen molar-refractivity contribution in [3.8, 4) is 0 Å². The van der Waals surface area contributed by atoms with Crippen LogP contribution in [0.25, 0.3) is 0 Å². The molecule has 2 rings (SSSR count). The molecule has 0 amide bonds. The molecule has 0 spiro atoms. The van der Waals surface area contributed by atoms with Crippen molar-refractivity contribution >= 4 is 5.69 Å². The predicted molar refractivity (Wildman–Crippen MR) is 63.2 cm³/mol. The fourth-order valence-electron chi connectivity index (χ4n) is 2.22. The van der Waals surface area contributed by atoms with Crippen LogP contribution in [0.3, 0.4) is 0 Å². The third kappa shape index (κ3) is 2.75. The topological polar surface area (TPSA) is 42.1 Å². The van der Waals surface area contributed by atoms with Gasteiger partial charge in [-0.2, -0.15) is 13.2 Å². The Hall–Kier alpha value is -1.30. The standard InChI is InChI=1S/C12H16F3N3/c1-8(16)9-3-5-18(7-9)10-2-4-17-11(6-10)12(13,14)15/h2,4,6,8-9H,3,5,7,16H2,1H3. The van der Waals surface area contributed by atoms with E-state index in [9.17, 15) is 13.2 Å². The normalized spacial score (nSPS) is 22.3. The maximum absolute atomic E-state index is 12.6. The monoisotopic (exact) mass is 259 g/mol. The van der Waals surface area contributed by atoms with E-state index in [1.54, 1.807) is 6.07 Å². The number of rotatable bonds is 2. The first-order chi connectivity index (χ1) is 8.38. The van der Waals surface area contributed by atoms with Crippen LogP contribution >= 0.6 is 0 Å². The fourth-order valence-corrected chi connectivity index (χ4v) is 2.22. The fraction of sp³-hybridized carbons (Fsp3) is 0.583. The maximum atomic E-state index is 12.6. The number of nitrogens with zero attached hydrogens (tertiary/aromatic N) is 2. The van der Waals surface area contributed by atoms with Gasteiger partial charge in [0, 0.05) is 31.0 Å². The van der Waals surface area contributed by atoms with E-state index in [0.717, 1.165) is 19.0 Å². The Morgan fingerprint density at radius 1 is 1.50 bits per heavy atom. The number of hydrogen-bond donors (Lipinski definition) is 1. The third-order valence-electron chi connectivity index (χ3n) is 3.37. The van der Waals surface area contributed by atoms with Gasteiger partial charge >= 0.3 is 6.18 Å². The van der Waals surface area contributed by atoms with Gasteiger partial charge in [-0.15, -0.1) is 0 Å². The van der Waals surface area contributed by atoms with Gasteiger partial charge < -0.3 is 10.6 Å². The summed E-state index contributed by atoms with van der Waals surface area (Å²) in [4.78, 5) is 5.30. The average molecular weight is 259 g/mol. The average Bonchev–Trinajstić information content (AvgIpc) is 2.77. The van der Waals surface area contributed by atoms with Crippen LogP contribution in [-0.2, 0) is 6.18 Å². The molecule has 1 aliphatic rings. The lowest BCUT2D eigenvalue weighted by molar-refractivity contribution is -0.141. The van der Waals surface area contributed by atoms with Gasteiger partial charge in [0.25, 0.3) is 0 Å². The molecule has 2 unspecified atom stereocenters. The number of halogens is 3. The minimum atomic E-state index is -4.39. The zero-order valence-corrected chi connectivity index (χ0v) is 10.1. The Bertz CT molecular complexity index is 417. The van der Waals surface area contributed by atoms with Gasteiger partial charge in [0.05, 0.1) is 0 Å². The molecule has 18 heavy (non-hydrogen) atoms. The van der Waals surface area contributed by atoms with Gasteiger partial charge in [0.2, 0.25) is 0 Å². The third-order valence-corrected chi connectivity index (χ3v) is 3.37. The van der Waals surface area contributed by atoms with Crippen molar-refractivity contribution < 1.29 is 13.2 Å². The van der Waals surface area contributed by atoms with E-state index in [4.69, 9.17) is 5.73 Å². The summed E-state index contributed by atoms with van der Waals surface area (Å²) in [5.41, 5.74) is 5.54. The highest BCUT2D eigenvalue weighted by Crippen LogP contribution is 2.31. The largest absolute Gasteiger partial charge is 0.433 e. The van der Waals surface area contributed by atoms with Crippen molar-refractivity contribution in [2.24, 2.45) is 11.7 Å². The van der Waals surface area contributed by atoms with Crippen molar-refractivity contribution in [1.82, 2.24) is 4.98 Å². The Kier molecular flexibility index (Phi) is 3.47. The number of alkyl halides is 3. The minimum Gasteiger partial charge on any atom is -0.371 e. The predicted octanol–water partition coefficient (Wildman–Crippen LogP) is 2.27. The highest BCUT2D eigenvalue weighted by molar-refractivity contribution is 5.48. The zero-order chi connectivity index (χ0) is 13.3. The second-order valence-electron chi connectivity index (χ2n) is 4.75. The summed E-state index contributed by atoms with van der Waals surface area (Å²) in [5, 5.41) is 0. The van der Waals surface area contributed by atoms with Gasteiger partial charge in [-0.25, -0.2) is 0 Å². The summed E-state index contributed by atoms with van der Waals surface area (Å²) in [6, 6.07) is 2.78. The molecule has 1 fully saturated rings. The second kappa shape index (κ2) is 4.76. The molecule has 1 aromatic heterocycles. The minimum absolute atomic E-state index is 0.0684. The van der Waals surface area contributed by atoms with Crippen LogP contribution in [0.5, 0.6) is 0 Å². The van der Waals surface area contributed by atoms with Crippen LogP contribution < -0.4 is 10.6 Å². The summed E-state index contributed by atoms with van der Waals surface area (Å²) in [5.74, 6) is 0.340. The number of anilines is 1. The van der Waals surface area contributed by atoms with Crippen molar-refractivity contribution in [3.05, 3.63) is 24.0 Å². The number of hydrogen-bond acceptors (Lipinski definition) is 3. The van der Waals surface area contributed by atoms with Crippen molar-refractivity contribution in [1.29, 1.82) is 0 Å². The summed E-state index contributed by atoms with van der Waals surface area (Å²) < 4.78 is 37.7. The van der Waals surface area contributed by atoms with E-state index in [1.165, 1.54) is 6.20 Å². The van der Waals surface area contributed by atoms with Gasteiger partial charge in [0.1, 0.15) is 5.69 Å². The van der Waals surface area contributed by atoms with E-state index in [-0.39, 0.29) is 6.04 Å². The molecule has 1 aromatic rings. The molecular weight excluding hydrogens is 243 g/mol. The molecule has 0 aliphatic carbocycles. The smallest absolute Gasteiger partial charge is 0.371 e. The van der Waals surface area contributed by atoms with Gasteiger partial charge in [-0.3, -0.25) is 4.98 Å². The van der Waals surface area contributed by atoms with Gasteiger partial charge in [-0.05, 0) is 31.4 Å². The number of aromatic nitrogens is 1. The summed E-state index contributed by atoms with van der Waals surface area (Å²) >= 11 is 0. The van der Waals surface area contributed by atoms with Crippen LogP contribution in [-0.4, -0.2) is 24.1 Å². The van der Waals surface area contributed by atoms with Crippen LogP contribution in [0.4, 0.5) is 18.9 Å². The van der Waals surface area contributed by atoms with Crippen molar-refractivity contribution in [3.63, 3.8) is 0 Å². The molecule has 3 nitrogen and oxygen atoms in total. The van der Waals surface area contributed by atoms with Crippen LogP contribution in [0.15, 0.2) is 18.3 Å². The summed E-state index contributed by atoms with van der Waals surface area (Å²) in [7, 11) is 0. The molecule has 1 aliphatic heterocycles.